The van der Waals surface area contributed by atoms with Crippen molar-refractivity contribution < 1.29 is 44.3 Å². The van der Waals surface area contributed by atoms with E-state index in [0.717, 1.165) is 43.0 Å². The third kappa shape index (κ3) is 7.50. The van der Waals surface area contributed by atoms with Gasteiger partial charge in [-0.05, 0) is 37.0 Å². The summed E-state index contributed by atoms with van der Waals surface area (Å²) in [6.07, 6.45) is 1.09. The smallest absolute Gasteiger partial charge is 0.348 e. The summed E-state index contributed by atoms with van der Waals surface area (Å²) in [4.78, 5) is 52.0. The van der Waals surface area contributed by atoms with Crippen LogP contribution >= 0.6 is 11.3 Å². The second-order valence-electron chi connectivity index (χ2n) is 11.1. The molecule has 0 fully saturated rings. The van der Waals surface area contributed by atoms with Crippen molar-refractivity contribution in [3.05, 3.63) is 137 Å². The van der Waals surface area contributed by atoms with E-state index >= 15 is 0 Å². The Labute approximate surface area is 281 Å². The fourth-order valence-corrected chi connectivity index (χ4v) is 5.78. The molecule has 10 nitrogen and oxygen atoms in total. The number of aliphatic carboxylic acids is 2. The van der Waals surface area contributed by atoms with E-state index in [1.165, 1.54) is 52.0 Å². The third-order valence-electron chi connectivity index (χ3n) is 7.59. The molecule has 5 aromatic rings. The van der Waals surface area contributed by atoms with Crippen LogP contribution in [-0.2, 0) is 9.59 Å². The lowest BCUT2D eigenvalue weighted by Gasteiger charge is -2.34. The van der Waals surface area contributed by atoms with Crippen molar-refractivity contribution >= 4 is 45.6 Å². The Morgan fingerprint density at radius 2 is 1.19 bits per heavy atom. The van der Waals surface area contributed by atoms with Gasteiger partial charge in [0.25, 0.3) is 11.2 Å². The molecule has 0 unspecified atom stereocenters. The summed E-state index contributed by atoms with van der Waals surface area (Å²) in [5.41, 5.74) is -8.68. The first-order valence-corrected chi connectivity index (χ1v) is 15.7. The van der Waals surface area contributed by atoms with Gasteiger partial charge < -0.3 is 30.1 Å². The number of thiophene rings is 1. The molecule has 0 aliphatic rings. The molecule has 0 saturated carbocycles. The van der Waals surface area contributed by atoms with Gasteiger partial charge in [-0.15, -0.1) is 11.3 Å². The Kier molecular flexibility index (Phi) is 11.6. The minimum atomic E-state index is -3.95. The number of carboxylic acids is 2. The van der Waals surface area contributed by atoms with Gasteiger partial charge in [-0.3, -0.25) is 9.59 Å². The van der Waals surface area contributed by atoms with Crippen molar-refractivity contribution in [1.82, 2.24) is 4.90 Å². The molecule has 0 aliphatic heterocycles. The van der Waals surface area contributed by atoms with Crippen LogP contribution in [0.1, 0.15) is 38.1 Å². The number of ether oxygens (including phenoxy) is 1. The molecule has 1 aromatic heterocycles. The minimum Gasteiger partial charge on any atom is -0.484 e. The summed E-state index contributed by atoms with van der Waals surface area (Å²) in [6, 6.07) is 31.7. The number of carbonyl (C=O) groups excluding carboxylic acids is 2. The highest BCUT2D eigenvalue weighted by atomic mass is 32.1. The van der Waals surface area contributed by atoms with Crippen LogP contribution in [0.2, 0.25) is 0 Å². The zero-order chi connectivity index (χ0) is 34.9. The maximum Gasteiger partial charge on any atom is 0.348 e. The molecule has 11 heteroatoms. The number of hydrogen-bond donors (Lipinski definition) is 4. The molecule has 0 spiro atoms. The number of rotatable bonds is 13. The highest BCUT2D eigenvalue weighted by molar-refractivity contribution is 7.10. The zero-order valence-electron chi connectivity index (χ0n) is 26.2. The average Bonchev–Trinajstić information content (AvgIpc) is 3.64. The lowest BCUT2D eigenvalue weighted by Crippen LogP contribution is -2.71. The quantitative estimate of drug-likeness (QED) is 0.0949. The second-order valence-corrected chi connectivity index (χ2v) is 12.1. The number of Topliss-reactive ketones (excluding diaryl/α,β-unsaturated/α-hetero) is 2. The van der Waals surface area contributed by atoms with Gasteiger partial charge in [0.1, 0.15) is 11.9 Å². The lowest BCUT2D eigenvalue weighted by atomic mass is 9.73. The largest absolute Gasteiger partial charge is 0.484 e. The van der Waals surface area contributed by atoms with Crippen LogP contribution in [0, 0.1) is 0 Å². The first-order chi connectivity index (χ1) is 22.9. The highest BCUT2D eigenvalue weighted by Crippen LogP contribution is 2.34. The van der Waals surface area contributed by atoms with Gasteiger partial charge in [-0.25, -0.2) is 9.59 Å². The van der Waals surface area contributed by atoms with E-state index in [1.54, 1.807) is 11.3 Å². The fraction of sp³-hybridized carbons (Fsp3) is 0.189. The first-order valence-electron chi connectivity index (χ1n) is 14.8. The van der Waals surface area contributed by atoms with E-state index in [0.29, 0.717) is 0 Å². The summed E-state index contributed by atoms with van der Waals surface area (Å²) in [7, 11) is 4.20. The maximum atomic E-state index is 12.6. The van der Waals surface area contributed by atoms with Gasteiger partial charge >= 0.3 is 11.9 Å². The summed E-state index contributed by atoms with van der Waals surface area (Å²) < 4.78 is 6.41. The average molecular weight is 670 g/mol. The van der Waals surface area contributed by atoms with Crippen molar-refractivity contribution in [2.45, 2.75) is 23.7 Å². The highest BCUT2D eigenvalue weighted by Gasteiger charge is 2.69. The number of benzene rings is 4. The van der Waals surface area contributed by atoms with E-state index in [2.05, 4.69) is 79.0 Å². The number of fused-ring (bicyclic) bond motifs is 1. The van der Waals surface area contributed by atoms with Gasteiger partial charge in [0.15, 0.2) is 0 Å². The van der Waals surface area contributed by atoms with Crippen LogP contribution in [-0.4, -0.2) is 80.7 Å². The van der Waals surface area contributed by atoms with Crippen molar-refractivity contribution in [3.8, 4) is 5.75 Å². The van der Waals surface area contributed by atoms with E-state index in [-0.39, 0.29) is 6.10 Å². The molecule has 0 bridgehead atoms. The van der Waals surface area contributed by atoms with E-state index in [4.69, 9.17) is 4.74 Å². The van der Waals surface area contributed by atoms with Gasteiger partial charge in [-0.2, -0.15) is 0 Å². The molecular formula is C37H35NO9S. The number of hydrogen-bond acceptors (Lipinski definition) is 9. The standard InChI is InChI=1S/C19H21NOS.C18H14O8/c1-20(2)13-12-18(19-11-6-14-22-19)21-17-10-5-8-15-7-3-4-9-16(15)17;19-13(11-7-3-1-4-8-11)17(25,15(21)22)18(26,16(23)24)14(20)12-9-5-2-6-10-12/h3-11,14,18H,12-13H2,1-2H3;1-10,25-26H,(H,21,22)(H,23,24)/t18-;17-,18-/m00/s1. The van der Waals surface area contributed by atoms with Crippen LogP contribution in [0.5, 0.6) is 5.75 Å². The molecule has 0 amide bonds. The van der Waals surface area contributed by atoms with Crippen LogP contribution in [0.15, 0.2) is 121 Å². The summed E-state index contributed by atoms with van der Waals surface area (Å²) in [6.45, 7) is 1.01. The van der Waals surface area contributed by atoms with Gasteiger partial charge in [0.2, 0.25) is 11.6 Å². The van der Waals surface area contributed by atoms with E-state index < -0.39 is 45.8 Å². The molecule has 4 N–H and O–H groups in total. The lowest BCUT2D eigenvalue weighted by molar-refractivity contribution is -0.187. The molecule has 0 aliphatic carbocycles. The normalized spacial score (nSPS) is 14.1. The Hall–Kier alpha value is -5.20. The van der Waals surface area contributed by atoms with Crippen molar-refractivity contribution in [2.24, 2.45) is 0 Å². The Bertz CT molecular complexity index is 1780. The monoisotopic (exact) mass is 669 g/mol. The van der Waals surface area contributed by atoms with Gasteiger partial charge in [-0.1, -0.05) is 103 Å². The summed E-state index contributed by atoms with van der Waals surface area (Å²) >= 11 is 1.76. The number of carbonyl (C=O) groups is 4. The van der Waals surface area contributed by atoms with Crippen LogP contribution in [0.4, 0.5) is 0 Å². The molecular weight excluding hydrogens is 634 g/mol. The predicted molar refractivity (Wildman–Crippen MR) is 182 cm³/mol. The fourth-order valence-electron chi connectivity index (χ4n) is 4.99. The van der Waals surface area contributed by atoms with Crippen molar-refractivity contribution in [3.63, 3.8) is 0 Å². The van der Waals surface area contributed by atoms with E-state index in [1.807, 2.05) is 0 Å². The number of carboxylic acid groups (broad SMARTS) is 2. The number of ketones is 2. The van der Waals surface area contributed by atoms with Gasteiger partial charge in [0.05, 0.1) is 0 Å². The second kappa shape index (κ2) is 15.6. The topological polar surface area (TPSA) is 162 Å². The van der Waals surface area contributed by atoms with Crippen LogP contribution < -0.4 is 4.74 Å². The van der Waals surface area contributed by atoms with E-state index in [9.17, 15) is 39.6 Å². The molecule has 1 heterocycles. The van der Waals surface area contributed by atoms with Crippen molar-refractivity contribution in [1.29, 1.82) is 0 Å². The molecule has 0 radical (unpaired) electrons. The zero-order valence-corrected chi connectivity index (χ0v) is 27.0. The molecule has 5 rings (SSSR count). The molecule has 3 atom stereocenters. The summed E-state index contributed by atoms with van der Waals surface area (Å²) in [5.74, 6) is -7.06. The molecule has 48 heavy (non-hydrogen) atoms. The number of nitrogens with zero attached hydrogens (tertiary/aromatic N) is 1. The Balaban J connectivity index is 0.000000219. The SMILES string of the molecule is CN(C)CC[C@H](Oc1cccc2ccccc12)c1cccs1.O=C(O)[C@@](O)(C(=O)c1ccccc1)[C@@](O)(C(=O)O)C(=O)c1ccccc1. The van der Waals surface area contributed by atoms with Gasteiger partial charge in [0, 0.05) is 34.4 Å². The minimum absolute atomic E-state index is 0.105. The maximum absolute atomic E-state index is 12.6. The van der Waals surface area contributed by atoms with Crippen LogP contribution in [0.3, 0.4) is 0 Å². The summed E-state index contributed by atoms with van der Waals surface area (Å²) in [5, 5.41) is 44.4. The third-order valence-corrected chi connectivity index (χ3v) is 8.55. The molecule has 248 valence electrons. The van der Waals surface area contributed by atoms with Crippen LogP contribution in [0.25, 0.3) is 10.8 Å². The molecule has 0 saturated heterocycles. The predicted octanol–water partition coefficient (Wildman–Crippen LogP) is 5.36. The Morgan fingerprint density at radius 1 is 0.688 bits per heavy atom. The number of aliphatic hydroxyl groups is 2. The molecule has 4 aromatic carbocycles. The van der Waals surface area contributed by atoms with Crippen molar-refractivity contribution in [2.75, 3.05) is 20.6 Å². The Morgan fingerprint density at radius 3 is 1.67 bits per heavy atom. The first kappa shape index (κ1) is 35.7.